The normalized spacial score (nSPS) is 21.4. The Hall–Kier alpha value is -0.870. The minimum absolute atomic E-state index is 0.00107. The van der Waals surface area contributed by atoms with Gasteiger partial charge in [-0.3, -0.25) is 4.79 Å². The molecule has 0 radical (unpaired) electrons. The van der Waals surface area contributed by atoms with Crippen LogP contribution in [0.4, 0.5) is 0 Å². The second-order valence-corrected chi connectivity index (χ2v) is 5.25. The fourth-order valence-electron chi connectivity index (χ4n) is 1.77. The number of carbonyl (C=O) groups is 1. The number of amides is 1. The van der Waals surface area contributed by atoms with Gasteiger partial charge in [-0.25, -0.2) is 0 Å². The molecule has 4 heteroatoms. The largest absolute Gasteiger partial charge is 0.355 e. The van der Waals surface area contributed by atoms with Crippen molar-refractivity contribution in [2.45, 2.75) is 32.4 Å². The average molecular weight is 224 g/mol. The van der Waals surface area contributed by atoms with Crippen LogP contribution in [0.5, 0.6) is 0 Å². The maximum Gasteiger partial charge on any atom is 0.237 e. The van der Waals surface area contributed by atoms with E-state index in [2.05, 4.69) is 29.7 Å². The van der Waals surface area contributed by atoms with Gasteiger partial charge in [0.25, 0.3) is 0 Å². The van der Waals surface area contributed by atoms with Crippen molar-refractivity contribution < 1.29 is 4.79 Å². The van der Waals surface area contributed by atoms with Crippen LogP contribution in [0.3, 0.4) is 0 Å². The van der Waals surface area contributed by atoms with E-state index in [1.54, 1.807) is 11.3 Å². The first-order valence-electron chi connectivity index (χ1n) is 5.32. The zero-order valence-corrected chi connectivity index (χ0v) is 9.69. The molecule has 0 saturated carbocycles. The quantitative estimate of drug-likeness (QED) is 0.815. The van der Waals surface area contributed by atoms with Crippen molar-refractivity contribution in [3.63, 3.8) is 0 Å². The van der Waals surface area contributed by atoms with Crippen LogP contribution in [0.15, 0.2) is 12.1 Å². The van der Waals surface area contributed by atoms with Crippen LogP contribution in [0.2, 0.25) is 0 Å². The number of aryl methyl sites for hydroxylation is 1. The summed E-state index contributed by atoms with van der Waals surface area (Å²) in [7, 11) is 0. The highest BCUT2D eigenvalue weighted by Crippen LogP contribution is 2.15. The monoisotopic (exact) mass is 224 g/mol. The number of rotatable bonds is 3. The van der Waals surface area contributed by atoms with E-state index < -0.39 is 0 Å². The van der Waals surface area contributed by atoms with Crippen LogP contribution < -0.4 is 10.6 Å². The Morgan fingerprint density at radius 1 is 1.60 bits per heavy atom. The highest BCUT2D eigenvalue weighted by Gasteiger charge is 2.20. The van der Waals surface area contributed by atoms with Gasteiger partial charge in [-0.2, -0.15) is 0 Å². The lowest BCUT2D eigenvalue weighted by Gasteiger charge is -2.22. The molecule has 15 heavy (non-hydrogen) atoms. The fourth-order valence-corrected chi connectivity index (χ4v) is 2.61. The van der Waals surface area contributed by atoms with E-state index in [9.17, 15) is 4.79 Å². The Balaban J connectivity index is 1.84. The van der Waals surface area contributed by atoms with E-state index in [1.165, 1.54) is 9.75 Å². The Labute approximate surface area is 93.9 Å². The molecule has 1 amide bonds. The Morgan fingerprint density at radius 3 is 3.13 bits per heavy atom. The number of hydrogen-bond donors (Lipinski definition) is 2. The number of piperidine rings is 1. The summed E-state index contributed by atoms with van der Waals surface area (Å²) in [6, 6.07) is 4.23. The Morgan fingerprint density at radius 2 is 2.47 bits per heavy atom. The molecule has 1 aliphatic heterocycles. The highest BCUT2D eigenvalue weighted by molar-refractivity contribution is 7.11. The third kappa shape index (κ3) is 2.79. The van der Waals surface area contributed by atoms with E-state index in [0.29, 0.717) is 0 Å². The molecule has 82 valence electrons. The summed E-state index contributed by atoms with van der Waals surface area (Å²) >= 11 is 1.78. The zero-order valence-electron chi connectivity index (χ0n) is 8.88. The number of nitrogens with one attached hydrogen (secondary N) is 2. The van der Waals surface area contributed by atoms with Crippen molar-refractivity contribution in [2.24, 2.45) is 0 Å². The number of carbonyl (C=O) groups excluding carboxylic acids is 1. The molecule has 2 N–H and O–H groups in total. The molecular formula is C11H16N2OS. The molecule has 2 heterocycles. The van der Waals surface area contributed by atoms with E-state index >= 15 is 0 Å². The van der Waals surface area contributed by atoms with Gasteiger partial charge in [0.1, 0.15) is 0 Å². The van der Waals surface area contributed by atoms with Gasteiger partial charge in [-0.15, -0.1) is 11.3 Å². The lowest BCUT2D eigenvalue weighted by atomic mass is 10.1. The molecule has 1 fully saturated rings. The van der Waals surface area contributed by atoms with Gasteiger partial charge in [-0.1, -0.05) is 0 Å². The van der Waals surface area contributed by atoms with Crippen LogP contribution in [-0.2, 0) is 11.3 Å². The Kier molecular flexibility index (Phi) is 3.38. The smallest absolute Gasteiger partial charge is 0.237 e. The second-order valence-electron chi connectivity index (χ2n) is 3.88. The van der Waals surface area contributed by atoms with Crippen LogP contribution in [0.1, 0.15) is 22.6 Å². The predicted octanol–water partition coefficient (Wildman–Crippen LogP) is 1.42. The summed E-state index contributed by atoms with van der Waals surface area (Å²) in [5, 5.41) is 6.17. The molecule has 0 spiro atoms. The third-order valence-corrected chi connectivity index (χ3v) is 3.60. The minimum Gasteiger partial charge on any atom is -0.355 e. The maximum atomic E-state index is 11.5. The van der Waals surface area contributed by atoms with Crippen molar-refractivity contribution in [1.82, 2.24) is 10.6 Å². The van der Waals surface area contributed by atoms with Gasteiger partial charge in [-0.05, 0) is 31.9 Å². The SMILES string of the molecule is Cc1ccc(CNC2CCCNC2=O)s1. The standard InChI is InChI=1S/C11H16N2OS/c1-8-4-5-9(15-8)7-13-10-3-2-6-12-11(10)14/h4-5,10,13H,2-3,6-7H2,1H3,(H,12,14). The third-order valence-electron chi connectivity index (χ3n) is 2.60. The summed E-state index contributed by atoms with van der Waals surface area (Å²) < 4.78 is 0. The van der Waals surface area contributed by atoms with Crippen molar-refractivity contribution in [3.05, 3.63) is 21.9 Å². The zero-order chi connectivity index (χ0) is 10.7. The predicted molar refractivity (Wildman–Crippen MR) is 61.9 cm³/mol. The first-order chi connectivity index (χ1) is 7.25. The summed E-state index contributed by atoms with van der Waals surface area (Å²) in [5.41, 5.74) is 0. The van der Waals surface area contributed by atoms with Gasteiger partial charge in [0.05, 0.1) is 6.04 Å². The van der Waals surface area contributed by atoms with Gasteiger partial charge in [0, 0.05) is 22.8 Å². The molecule has 1 atom stereocenters. The number of thiophene rings is 1. The van der Waals surface area contributed by atoms with E-state index in [4.69, 9.17) is 0 Å². The molecule has 2 rings (SSSR count). The molecule has 0 aromatic carbocycles. The highest BCUT2D eigenvalue weighted by atomic mass is 32.1. The van der Waals surface area contributed by atoms with Gasteiger partial charge in [0.15, 0.2) is 0 Å². The molecule has 1 unspecified atom stereocenters. The fraction of sp³-hybridized carbons (Fsp3) is 0.545. The van der Waals surface area contributed by atoms with E-state index in [0.717, 1.165) is 25.9 Å². The summed E-state index contributed by atoms with van der Waals surface area (Å²) in [4.78, 5) is 14.1. The van der Waals surface area contributed by atoms with Crippen LogP contribution in [0.25, 0.3) is 0 Å². The lowest BCUT2D eigenvalue weighted by Crippen LogP contribution is -2.47. The molecule has 1 aromatic rings. The molecular weight excluding hydrogens is 208 g/mol. The second kappa shape index (κ2) is 4.77. The summed E-state index contributed by atoms with van der Waals surface area (Å²) in [6.45, 7) is 3.73. The van der Waals surface area contributed by atoms with E-state index in [-0.39, 0.29) is 11.9 Å². The molecule has 1 saturated heterocycles. The van der Waals surface area contributed by atoms with Crippen LogP contribution in [0, 0.1) is 6.92 Å². The first-order valence-corrected chi connectivity index (χ1v) is 6.14. The molecule has 0 aliphatic carbocycles. The van der Waals surface area contributed by atoms with Crippen LogP contribution >= 0.6 is 11.3 Å². The molecule has 0 bridgehead atoms. The summed E-state index contributed by atoms with van der Waals surface area (Å²) in [5.74, 6) is 0.148. The minimum atomic E-state index is 0.00107. The topological polar surface area (TPSA) is 41.1 Å². The molecule has 3 nitrogen and oxygen atoms in total. The number of hydrogen-bond acceptors (Lipinski definition) is 3. The maximum absolute atomic E-state index is 11.5. The molecule has 1 aromatic heterocycles. The van der Waals surface area contributed by atoms with Gasteiger partial charge >= 0.3 is 0 Å². The first kappa shape index (κ1) is 10.6. The van der Waals surface area contributed by atoms with Crippen molar-refractivity contribution in [2.75, 3.05) is 6.54 Å². The Bertz CT molecular complexity index is 348. The van der Waals surface area contributed by atoms with Crippen LogP contribution in [-0.4, -0.2) is 18.5 Å². The average Bonchev–Trinajstić information content (AvgIpc) is 2.63. The van der Waals surface area contributed by atoms with Crippen molar-refractivity contribution >= 4 is 17.2 Å². The van der Waals surface area contributed by atoms with Gasteiger partial charge in [0.2, 0.25) is 5.91 Å². The van der Waals surface area contributed by atoms with Crippen molar-refractivity contribution in [1.29, 1.82) is 0 Å². The van der Waals surface area contributed by atoms with Crippen molar-refractivity contribution in [3.8, 4) is 0 Å². The van der Waals surface area contributed by atoms with Gasteiger partial charge < -0.3 is 10.6 Å². The lowest BCUT2D eigenvalue weighted by molar-refractivity contribution is -0.124. The summed E-state index contributed by atoms with van der Waals surface area (Å²) in [6.07, 6.45) is 2.03. The molecule has 1 aliphatic rings. The van der Waals surface area contributed by atoms with E-state index in [1.807, 2.05) is 0 Å².